The van der Waals surface area contributed by atoms with Gasteiger partial charge < -0.3 is 4.90 Å². The SMILES string of the molecule is CC(C)C(C#N)CN1CCCC1=O. The van der Waals surface area contributed by atoms with E-state index in [-0.39, 0.29) is 11.8 Å². The molecule has 1 aliphatic rings. The van der Waals surface area contributed by atoms with E-state index in [0.29, 0.717) is 18.9 Å². The molecule has 3 heteroatoms. The predicted molar refractivity (Wildman–Crippen MR) is 49.8 cm³/mol. The molecule has 1 rings (SSSR count). The van der Waals surface area contributed by atoms with Crippen LogP contribution in [0, 0.1) is 23.2 Å². The molecular weight excluding hydrogens is 164 g/mol. The van der Waals surface area contributed by atoms with E-state index in [1.54, 1.807) is 0 Å². The van der Waals surface area contributed by atoms with Crippen LogP contribution in [-0.4, -0.2) is 23.9 Å². The largest absolute Gasteiger partial charge is 0.341 e. The van der Waals surface area contributed by atoms with Crippen molar-refractivity contribution in [1.82, 2.24) is 4.90 Å². The monoisotopic (exact) mass is 180 g/mol. The van der Waals surface area contributed by atoms with Crippen LogP contribution in [-0.2, 0) is 4.79 Å². The fraction of sp³-hybridized carbons (Fsp3) is 0.800. The summed E-state index contributed by atoms with van der Waals surface area (Å²) in [5.74, 6) is 0.529. The molecule has 1 atom stereocenters. The quantitative estimate of drug-likeness (QED) is 0.659. The van der Waals surface area contributed by atoms with Gasteiger partial charge in [0.2, 0.25) is 5.91 Å². The molecule has 1 unspecified atom stereocenters. The second-order valence-corrected chi connectivity index (χ2v) is 3.92. The standard InChI is InChI=1S/C10H16N2O/c1-8(2)9(6-11)7-12-5-3-4-10(12)13/h8-9H,3-5,7H2,1-2H3. The number of nitriles is 1. The third-order valence-electron chi connectivity index (χ3n) is 2.56. The highest BCUT2D eigenvalue weighted by atomic mass is 16.2. The van der Waals surface area contributed by atoms with Crippen LogP contribution in [0.5, 0.6) is 0 Å². The number of rotatable bonds is 3. The van der Waals surface area contributed by atoms with Crippen molar-refractivity contribution in [2.45, 2.75) is 26.7 Å². The zero-order valence-electron chi connectivity index (χ0n) is 8.29. The summed E-state index contributed by atoms with van der Waals surface area (Å²) in [6.07, 6.45) is 1.62. The van der Waals surface area contributed by atoms with E-state index in [1.165, 1.54) is 0 Å². The summed E-state index contributed by atoms with van der Waals surface area (Å²) in [5, 5.41) is 8.86. The Kier molecular flexibility index (Phi) is 3.30. The molecule has 72 valence electrons. The summed E-state index contributed by atoms with van der Waals surface area (Å²) < 4.78 is 0. The van der Waals surface area contributed by atoms with Gasteiger partial charge in [-0.2, -0.15) is 5.26 Å². The second-order valence-electron chi connectivity index (χ2n) is 3.92. The van der Waals surface area contributed by atoms with Gasteiger partial charge in [-0.05, 0) is 12.3 Å². The van der Waals surface area contributed by atoms with Crippen molar-refractivity contribution < 1.29 is 4.79 Å². The number of likely N-dealkylation sites (tertiary alicyclic amines) is 1. The third-order valence-corrected chi connectivity index (χ3v) is 2.56. The molecule has 13 heavy (non-hydrogen) atoms. The minimum atomic E-state index is -0.0120. The van der Waals surface area contributed by atoms with Gasteiger partial charge in [0, 0.05) is 19.5 Å². The molecule has 0 bridgehead atoms. The summed E-state index contributed by atoms with van der Waals surface area (Å²) in [4.78, 5) is 13.1. The summed E-state index contributed by atoms with van der Waals surface area (Å²) in [6, 6.07) is 2.26. The molecular formula is C10H16N2O. The first-order valence-electron chi connectivity index (χ1n) is 4.82. The molecule has 0 aromatic rings. The summed E-state index contributed by atoms with van der Waals surface area (Å²) >= 11 is 0. The molecule has 1 aliphatic heterocycles. The van der Waals surface area contributed by atoms with E-state index < -0.39 is 0 Å². The zero-order valence-corrected chi connectivity index (χ0v) is 8.29. The van der Waals surface area contributed by atoms with Crippen LogP contribution in [0.2, 0.25) is 0 Å². The zero-order chi connectivity index (χ0) is 9.84. The van der Waals surface area contributed by atoms with Crippen molar-refractivity contribution in [2.24, 2.45) is 11.8 Å². The van der Waals surface area contributed by atoms with Crippen molar-refractivity contribution in [1.29, 1.82) is 5.26 Å². The normalized spacial score (nSPS) is 19.2. The Morgan fingerprint density at radius 3 is 2.69 bits per heavy atom. The molecule has 1 amide bonds. The summed E-state index contributed by atoms with van der Waals surface area (Å²) in [5.41, 5.74) is 0. The maximum Gasteiger partial charge on any atom is 0.222 e. The molecule has 0 aromatic heterocycles. The minimum absolute atomic E-state index is 0.0120. The highest BCUT2D eigenvalue weighted by Crippen LogP contribution is 2.16. The molecule has 0 aromatic carbocycles. The van der Waals surface area contributed by atoms with E-state index in [4.69, 9.17) is 5.26 Å². The van der Waals surface area contributed by atoms with E-state index in [1.807, 2.05) is 18.7 Å². The Balaban J connectivity index is 2.47. The molecule has 1 fully saturated rings. The topological polar surface area (TPSA) is 44.1 Å². The first-order valence-corrected chi connectivity index (χ1v) is 4.82. The van der Waals surface area contributed by atoms with Crippen LogP contribution in [0.3, 0.4) is 0 Å². The Hall–Kier alpha value is -1.04. The van der Waals surface area contributed by atoms with Gasteiger partial charge in [-0.3, -0.25) is 4.79 Å². The van der Waals surface area contributed by atoms with Gasteiger partial charge in [-0.25, -0.2) is 0 Å². The van der Waals surface area contributed by atoms with Crippen molar-refractivity contribution in [3.05, 3.63) is 0 Å². The number of amides is 1. The van der Waals surface area contributed by atoms with Gasteiger partial charge in [-0.1, -0.05) is 13.8 Å². The van der Waals surface area contributed by atoms with E-state index in [0.717, 1.165) is 13.0 Å². The molecule has 0 saturated carbocycles. The molecule has 1 heterocycles. The lowest BCUT2D eigenvalue weighted by Crippen LogP contribution is -2.31. The molecule has 1 saturated heterocycles. The van der Waals surface area contributed by atoms with Crippen molar-refractivity contribution in [3.8, 4) is 6.07 Å². The van der Waals surface area contributed by atoms with E-state index >= 15 is 0 Å². The van der Waals surface area contributed by atoms with E-state index in [2.05, 4.69) is 6.07 Å². The van der Waals surface area contributed by atoms with Crippen LogP contribution in [0.25, 0.3) is 0 Å². The number of nitrogens with zero attached hydrogens (tertiary/aromatic N) is 2. The van der Waals surface area contributed by atoms with E-state index in [9.17, 15) is 4.79 Å². The Morgan fingerprint density at radius 1 is 1.62 bits per heavy atom. The molecule has 0 N–H and O–H groups in total. The number of hydrogen-bond acceptors (Lipinski definition) is 2. The van der Waals surface area contributed by atoms with Crippen LogP contribution in [0.4, 0.5) is 0 Å². The number of hydrogen-bond donors (Lipinski definition) is 0. The van der Waals surface area contributed by atoms with Crippen LogP contribution in [0.15, 0.2) is 0 Å². The van der Waals surface area contributed by atoms with Crippen molar-refractivity contribution in [2.75, 3.05) is 13.1 Å². The van der Waals surface area contributed by atoms with Crippen LogP contribution >= 0.6 is 0 Å². The van der Waals surface area contributed by atoms with Gasteiger partial charge in [0.15, 0.2) is 0 Å². The molecule has 0 radical (unpaired) electrons. The second kappa shape index (κ2) is 4.27. The fourth-order valence-corrected chi connectivity index (χ4v) is 1.54. The number of carbonyl (C=O) groups is 1. The Bertz CT molecular complexity index is 230. The van der Waals surface area contributed by atoms with Crippen LogP contribution < -0.4 is 0 Å². The highest BCUT2D eigenvalue weighted by molar-refractivity contribution is 5.78. The summed E-state index contributed by atoms with van der Waals surface area (Å²) in [6.45, 7) is 5.50. The van der Waals surface area contributed by atoms with Gasteiger partial charge in [0.05, 0.1) is 12.0 Å². The smallest absolute Gasteiger partial charge is 0.222 e. The van der Waals surface area contributed by atoms with Crippen molar-refractivity contribution in [3.63, 3.8) is 0 Å². The third kappa shape index (κ3) is 2.45. The predicted octanol–water partition coefficient (Wildman–Crippen LogP) is 1.40. The maximum atomic E-state index is 11.3. The molecule has 3 nitrogen and oxygen atoms in total. The Morgan fingerprint density at radius 2 is 2.31 bits per heavy atom. The maximum absolute atomic E-state index is 11.3. The summed E-state index contributed by atoms with van der Waals surface area (Å²) in [7, 11) is 0. The van der Waals surface area contributed by atoms with Gasteiger partial charge >= 0.3 is 0 Å². The molecule has 0 spiro atoms. The lowest BCUT2D eigenvalue weighted by Gasteiger charge is -2.21. The average Bonchev–Trinajstić information content (AvgIpc) is 2.46. The first kappa shape index (κ1) is 10.0. The first-order chi connectivity index (χ1) is 6.15. The van der Waals surface area contributed by atoms with Gasteiger partial charge in [-0.15, -0.1) is 0 Å². The lowest BCUT2D eigenvalue weighted by atomic mass is 9.97. The van der Waals surface area contributed by atoms with Crippen LogP contribution in [0.1, 0.15) is 26.7 Å². The molecule has 0 aliphatic carbocycles. The minimum Gasteiger partial charge on any atom is -0.341 e. The average molecular weight is 180 g/mol. The van der Waals surface area contributed by atoms with Gasteiger partial charge in [0.25, 0.3) is 0 Å². The van der Waals surface area contributed by atoms with Gasteiger partial charge in [0.1, 0.15) is 0 Å². The number of carbonyl (C=O) groups excluding carboxylic acids is 1. The lowest BCUT2D eigenvalue weighted by molar-refractivity contribution is -0.128. The fourth-order valence-electron chi connectivity index (χ4n) is 1.54. The highest BCUT2D eigenvalue weighted by Gasteiger charge is 2.24. The Labute approximate surface area is 79.3 Å². The van der Waals surface area contributed by atoms with Crippen molar-refractivity contribution >= 4 is 5.91 Å².